The van der Waals surface area contributed by atoms with E-state index in [1.54, 1.807) is 14.1 Å². The first kappa shape index (κ1) is 12.9. The van der Waals surface area contributed by atoms with Gasteiger partial charge in [0.2, 0.25) is 11.8 Å². The lowest BCUT2D eigenvalue weighted by Crippen LogP contribution is -2.51. The second-order valence-electron chi connectivity index (χ2n) is 3.91. The highest BCUT2D eigenvalue weighted by molar-refractivity contribution is 5.83. The number of rotatable bonds is 4. The minimum atomic E-state index is -0.289. The lowest BCUT2D eigenvalue weighted by Gasteiger charge is -2.22. The Bertz CT molecular complexity index is 250. The summed E-state index contributed by atoms with van der Waals surface area (Å²) in [5.41, 5.74) is 0. The maximum absolute atomic E-state index is 11.6. The van der Waals surface area contributed by atoms with Crippen LogP contribution in [-0.4, -0.2) is 63.2 Å². The van der Waals surface area contributed by atoms with E-state index in [1.165, 1.54) is 4.90 Å². The zero-order chi connectivity index (χ0) is 12.0. The van der Waals surface area contributed by atoms with Crippen LogP contribution in [0.2, 0.25) is 0 Å². The van der Waals surface area contributed by atoms with Crippen molar-refractivity contribution in [2.75, 3.05) is 40.4 Å². The molecule has 1 unspecified atom stereocenters. The van der Waals surface area contributed by atoms with E-state index >= 15 is 0 Å². The zero-order valence-electron chi connectivity index (χ0n) is 9.78. The first-order chi connectivity index (χ1) is 7.61. The van der Waals surface area contributed by atoms with E-state index in [2.05, 4.69) is 10.6 Å². The number of carbonyl (C=O) groups excluding carboxylic acids is 2. The van der Waals surface area contributed by atoms with Crippen molar-refractivity contribution in [3.8, 4) is 0 Å². The third-order valence-corrected chi connectivity index (χ3v) is 2.38. The third-order valence-electron chi connectivity index (χ3n) is 2.38. The lowest BCUT2D eigenvalue weighted by atomic mass is 10.2. The Morgan fingerprint density at radius 2 is 2.25 bits per heavy atom. The van der Waals surface area contributed by atoms with Gasteiger partial charge in [-0.25, -0.2) is 0 Å². The van der Waals surface area contributed by atoms with E-state index < -0.39 is 0 Å². The topological polar surface area (TPSA) is 70.7 Å². The number of hydrogen-bond donors (Lipinski definition) is 2. The molecule has 16 heavy (non-hydrogen) atoms. The van der Waals surface area contributed by atoms with Gasteiger partial charge in [0.1, 0.15) is 6.04 Å². The van der Waals surface area contributed by atoms with E-state index in [1.807, 2.05) is 0 Å². The number of morpholine rings is 1. The minimum Gasteiger partial charge on any atom is -0.378 e. The summed E-state index contributed by atoms with van der Waals surface area (Å²) in [6, 6.07) is -0.289. The highest BCUT2D eigenvalue weighted by atomic mass is 16.5. The fourth-order valence-electron chi connectivity index (χ4n) is 1.37. The predicted octanol–water partition coefficient (Wildman–Crippen LogP) is -1.43. The van der Waals surface area contributed by atoms with Crippen molar-refractivity contribution in [3.63, 3.8) is 0 Å². The monoisotopic (exact) mass is 229 g/mol. The summed E-state index contributed by atoms with van der Waals surface area (Å²) in [5.74, 6) is -0.0978. The van der Waals surface area contributed by atoms with Crippen molar-refractivity contribution < 1.29 is 14.3 Å². The molecule has 0 aromatic heterocycles. The van der Waals surface area contributed by atoms with Crippen LogP contribution < -0.4 is 10.6 Å². The molecule has 1 atom stereocenters. The Balaban J connectivity index is 2.17. The molecule has 2 amide bonds. The van der Waals surface area contributed by atoms with Crippen LogP contribution in [0.15, 0.2) is 0 Å². The maximum Gasteiger partial charge on any atom is 0.239 e. The van der Waals surface area contributed by atoms with Crippen molar-refractivity contribution in [1.82, 2.24) is 15.5 Å². The smallest absolute Gasteiger partial charge is 0.239 e. The molecule has 0 aromatic carbocycles. The third kappa shape index (κ3) is 4.16. The average molecular weight is 229 g/mol. The highest BCUT2D eigenvalue weighted by Crippen LogP contribution is 1.93. The van der Waals surface area contributed by atoms with Gasteiger partial charge in [0, 0.05) is 33.6 Å². The van der Waals surface area contributed by atoms with E-state index in [-0.39, 0.29) is 17.9 Å². The number of nitrogens with one attached hydrogen (secondary N) is 2. The molecule has 0 saturated carbocycles. The molecule has 1 aliphatic heterocycles. The van der Waals surface area contributed by atoms with E-state index in [4.69, 9.17) is 4.74 Å². The normalized spacial score (nSPS) is 20.2. The number of ether oxygens (including phenoxy) is 1. The molecular formula is C10H19N3O3. The number of hydrogen-bond acceptors (Lipinski definition) is 4. The molecular weight excluding hydrogens is 210 g/mol. The van der Waals surface area contributed by atoms with Gasteiger partial charge in [-0.05, 0) is 0 Å². The van der Waals surface area contributed by atoms with Crippen LogP contribution in [0.4, 0.5) is 0 Å². The standard InChI is InChI=1S/C10H19N3O3/c1-13(2)9(14)3-4-12-10(15)8-7-16-6-5-11-8/h8,11H,3-7H2,1-2H3,(H,12,15). The van der Waals surface area contributed by atoms with Gasteiger partial charge < -0.3 is 20.3 Å². The van der Waals surface area contributed by atoms with E-state index in [0.29, 0.717) is 32.7 Å². The largest absolute Gasteiger partial charge is 0.378 e. The highest BCUT2D eigenvalue weighted by Gasteiger charge is 2.20. The SMILES string of the molecule is CN(C)C(=O)CCNC(=O)C1COCCN1. The summed E-state index contributed by atoms with van der Waals surface area (Å²) in [6.45, 7) is 2.10. The summed E-state index contributed by atoms with van der Waals surface area (Å²) in [6.07, 6.45) is 0.326. The van der Waals surface area contributed by atoms with Gasteiger partial charge >= 0.3 is 0 Å². The van der Waals surface area contributed by atoms with Crippen LogP contribution in [0.25, 0.3) is 0 Å². The van der Waals surface area contributed by atoms with Crippen molar-refractivity contribution in [2.24, 2.45) is 0 Å². The first-order valence-corrected chi connectivity index (χ1v) is 5.40. The van der Waals surface area contributed by atoms with Gasteiger partial charge in [-0.3, -0.25) is 9.59 Å². The quantitative estimate of drug-likeness (QED) is 0.620. The maximum atomic E-state index is 11.6. The van der Waals surface area contributed by atoms with E-state index in [0.717, 1.165) is 0 Å². The average Bonchev–Trinajstić information content (AvgIpc) is 2.29. The molecule has 1 fully saturated rings. The summed E-state index contributed by atoms with van der Waals surface area (Å²) in [4.78, 5) is 24.3. The number of carbonyl (C=O) groups is 2. The van der Waals surface area contributed by atoms with Crippen molar-refractivity contribution in [3.05, 3.63) is 0 Å². The van der Waals surface area contributed by atoms with Gasteiger partial charge in [0.15, 0.2) is 0 Å². The summed E-state index contributed by atoms with van der Waals surface area (Å²) >= 11 is 0. The van der Waals surface area contributed by atoms with Crippen molar-refractivity contribution in [2.45, 2.75) is 12.5 Å². The molecule has 0 aliphatic carbocycles. The Hall–Kier alpha value is -1.14. The molecule has 1 saturated heterocycles. The number of nitrogens with zero attached hydrogens (tertiary/aromatic N) is 1. The van der Waals surface area contributed by atoms with Gasteiger partial charge in [0.05, 0.1) is 13.2 Å². The summed E-state index contributed by atoms with van der Waals surface area (Å²) in [7, 11) is 3.39. The Morgan fingerprint density at radius 1 is 1.50 bits per heavy atom. The Labute approximate surface area is 95.3 Å². The number of amides is 2. The molecule has 1 rings (SSSR count). The van der Waals surface area contributed by atoms with Crippen LogP contribution >= 0.6 is 0 Å². The summed E-state index contributed by atoms with van der Waals surface area (Å²) in [5, 5.41) is 5.76. The second kappa shape index (κ2) is 6.44. The molecule has 6 nitrogen and oxygen atoms in total. The lowest BCUT2D eigenvalue weighted by molar-refractivity contribution is -0.129. The molecule has 0 radical (unpaired) electrons. The van der Waals surface area contributed by atoms with Crippen LogP contribution in [0, 0.1) is 0 Å². The molecule has 1 heterocycles. The fraction of sp³-hybridized carbons (Fsp3) is 0.800. The second-order valence-corrected chi connectivity index (χ2v) is 3.91. The molecule has 1 aliphatic rings. The van der Waals surface area contributed by atoms with Gasteiger partial charge in [-0.15, -0.1) is 0 Å². The van der Waals surface area contributed by atoms with Crippen LogP contribution in [0.1, 0.15) is 6.42 Å². The van der Waals surface area contributed by atoms with Crippen LogP contribution in [-0.2, 0) is 14.3 Å². The molecule has 0 bridgehead atoms. The van der Waals surface area contributed by atoms with Gasteiger partial charge in [-0.2, -0.15) is 0 Å². The fourth-order valence-corrected chi connectivity index (χ4v) is 1.37. The van der Waals surface area contributed by atoms with Crippen molar-refractivity contribution in [1.29, 1.82) is 0 Å². The molecule has 92 valence electrons. The zero-order valence-corrected chi connectivity index (χ0v) is 9.78. The first-order valence-electron chi connectivity index (χ1n) is 5.40. The van der Waals surface area contributed by atoms with Crippen LogP contribution in [0.5, 0.6) is 0 Å². The van der Waals surface area contributed by atoms with Gasteiger partial charge in [0.25, 0.3) is 0 Å². The van der Waals surface area contributed by atoms with Crippen LogP contribution in [0.3, 0.4) is 0 Å². The van der Waals surface area contributed by atoms with Crippen molar-refractivity contribution >= 4 is 11.8 Å². The van der Waals surface area contributed by atoms with E-state index in [9.17, 15) is 9.59 Å². The molecule has 2 N–H and O–H groups in total. The molecule has 6 heteroatoms. The van der Waals surface area contributed by atoms with Gasteiger partial charge in [-0.1, -0.05) is 0 Å². The molecule has 0 spiro atoms. The molecule has 0 aromatic rings. The predicted molar refractivity (Wildman–Crippen MR) is 58.9 cm³/mol. The summed E-state index contributed by atoms with van der Waals surface area (Å²) < 4.78 is 5.17. The Kier molecular flexibility index (Phi) is 5.21. The minimum absolute atomic E-state index is 0.00755. The Morgan fingerprint density at radius 3 is 2.81 bits per heavy atom.